The summed E-state index contributed by atoms with van der Waals surface area (Å²) in [5.41, 5.74) is -0.0580. The maximum Gasteiger partial charge on any atom is 0.331 e. The molecule has 2 amide bonds. The van der Waals surface area contributed by atoms with Gasteiger partial charge in [-0.3, -0.25) is 9.59 Å². The molecule has 4 atom stereocenters. The maximum absolute atomic E-state index is 13.7. The molecule has 8 heteroatoms. The van der Waals surface area contributed by atoms with Crippen LogP contribution in [0, 0.1) is 5.41 Å². The minimum Gasteiger partial charge on any atom is -0.478 e. The van der Waals surface area contributed by atoms with Gasteiger partial charge in [0.05, 0.1) is 12.1 Å². The molecule has 1 rings (SSSR count). The fourth-order valence-electron chi connectivity index (χ4n) is 4.26. The molecule has 0 saturated heterocycles. The van der Waals surface area contributed by atoms with E-state index in [0.29, 0.717) is 17.9 Å². The molecule has 1 aromatic carbocycles. The molecule has 0 fully saturated rings. The normalized spacial score (nSPS) is 15.8. The first-order valence-corrected chi connectivity index (χ1v) is 13.4. The lowest BCUT2D eigenvalue weighted by Crippen LogP contribution is -2.61. The number of carboxylic acid groups (broad SMARTS) is 1. The van der Waals surface area contributed by atoms with E-state index in [-0.39, 0.29) is 17.4 Å². The number of nitrogens with one attached hydrogen (secondary N) is 2. The van der Waals surface area contributed by atoms with Crippen LogP contribution in [0.5, 0.6) is 0 Å². The highest BCUT2D eigenvalue weighted by molar-refractivity contribution is 6.30. The summed E-state index contributed by atoms with van der Waals surface area (Å²) >= 11 is 6.24. The maximum atomic E-state index is 13.7. The molecule has 3 unspecified atom stereocenters. The van der Waals surface area contributed by atoms with Gasteiger partial charge in [0.2, 0.25) is 11.8 Å². The van der Waals surface area contributed by atoms with Crippen molar-refractivity contribution in [1.29, 1.82) is 0 Å². The van der Waals surface area contributed by atoms with E-state index in [1.54, 1.807) is 26.2 Å². The summed E-state index contributed by atoms with van der Waals surface area (Å²) in [6, 6.07) is 5.64. The van der Waals surface area contributed by atoms with Gasteiger partial charge in [-0.2, -0.15) is 0 Å². The van der Waals surface area contributed by atoms with Crippen molar-refractivity contribution >= 4 is 29.4 Å². The fraction of sp³-hybridized carbons (Fsp3) is 0.621. The van der Waals surface area contributed by atoms with Gasteiger partial charge < -0.3 is 20.6 Å². The average molecular weight is 538 g/mol. The van der Waals surface area contributed by atoms with Crippen LogP contribution in [0.2, 0.25) is 5.02 Å². The first-order chi connectivity index (χ1) is 17.1. The SMILES string of the molecule is CC.CC[C@@H](/C=C(\C)C(=O)O)N(C)C(=O)C(NC(=O)C(NC)C(C)(CC)c1cccc(Cl)c1)C(C)(C)C. The average Bonchev–Trinajstić information content (AvgIpc) is 2.85. The third kappa shape index (κ3) is 9.15. The van der Waals surface area contributed by atoms with E-state index in [9.17, 15) is 19.5 Å². The third-order valence-corrected chi connectivity index (χ3v) is 7.08. The van der Waals surface area contributed by atoms with Gasteiger partial charge in [-0.15, -0.1) is 0 Å². The van der Waals surface area contributed by atoms with Crippen molar-refractivity contribution in [3.05, 3.63) is 46.5 Å². The Morgan fingerprint density at radius 3 is 2.08 bits per heavy atom. The van der Waals surface area contributed by atoms with Gasteiger partial charge >= 0.3 is 5.97 Å². The molecule has 0 heterocycles. The van der Waals surface area contributed by atoms with E-state index in [1.165, 1.54) is 11.8 Å². The molecule has 3 N–H and O–H groups in total. The monoisotopic (exact) mass is 537 g/mol. The summed E-state index contributed by atoms with van der Waals surface area (Å²) in [5.74, 6) is -1.59. The van der Waals surface area contributed by atoms with E-state index in [2.05, 4.69) is 10.6 Å². The third-order valence-electron chi connectivity index (χ3n) is 6.85. The number of carbonyl (C=O) groups excluding carboxylic acids is 2. The van der Waals surface area contributed by atoms with Crippen molar-refractivity contribution in [1.82, 2.24) is 15.5 Å². The Hall–Kier alpha value is -2.38. The number of hydrogen-bond acceptors (Lipinski definition) is 4. The Labute approximate surface area is 229 Å². The van der Waals surface area contributed by atoms with E-state index in [0.717, 1.165) is 5.56 Å². The van der Waals surface area contributed by atoms with Gasteiger partial charge in [-0.1, -0.05) is 85.2 Å². The molecule has 0 saturated carbocycles. The number of benzene rings is 1. The fourth-order valence-corrected chi connectivity index (χ4v) is 4.45. The minimum atomic E-state index is -1.03. The second kappa shape index (κ2) is 15.1. The Bertz CT molecular complexity index is 941. The van der Waals surface area contributed by atoms with Crippen LogP contribution < -0.4 is 10.6 Å². The highest BCUT2D eigenvalue weighted by Crippen LogP contribution is 2.33. The van der Waals surface area contributed by atoms with Crippen molar-refractivity contribution in [3.63, 3.8) is 0 Å². The van der Waals surface area contributed by atoms with Crippen molar-refractivity contribution in [3.8, 4) is 0 Å². The minimum absolute atomic E-state index is 0.170. The molecule has 0 radical (unpaired) electrons. The van der Waals surface area contributed by atoms with Gasteiger partial charge in [-0.05, 0) is 49.9 Å². The van der Waals surface area contributed by atoms with Crippen LogP contribution in [0.15, 0.2) is 35.9 Å². The number of rotatable bonds is 11. The molecule has 210 valence electrons. The molecule has 0 aromatic heterocycles. The standard InChI is InChI=1S/C27H42ClN3O4.C2H6/c1-10-20(15-17(3)25(34)35)31(9)24(33)22(26(4,5)6)30-23(32)21(29-8)27(7,11-2)18-13-12-14-19(28)16-18;1-2/h12-16,20-22,29H,10-11H2,1-9H3,(H,30,32)(H,34,35);1-2H3/b17-15+;/t20-,21?,22?,27?;/m0./s1. The van der Waals surface area contributed by atoms with Gasteiger partial charge in [-0.25, -0.2) is 4.79 Å². The Morgan fingerprint density at radius 2 is 1.68 bits per heavy atom. The van der Waals surface area contributed by atoms with Crippen molar-refractivity contribution in [2.45, 2.75) is 98.7 Å². The Kier molecular flexibility index (Phi) is 14.2. The van der Waals surface area contributed by atoms with E-state index < -0.39 is 34.9 Å². The van der Waals surface area contributed by atoms with Gasteiger partial charge in [0.1, 0.15) is 6.04 Å². The zero-order valence-electron chi connectivity index (χ0n) is 24.5. The lowest BCUT2D eigenvalue weighted by atomic mass is 9.73. The van der Waals surface area contributed by atoms with Crippen LogP contribution in [0.1, 0.15) is 80.7 Å². The zero-order chi connectivity index (χ0) is 29.1. The number of carboxylic acids is 1. The number of carbonyl (C=O) groups is 3. The predicted octanol–water partition coefficient (Wildman–Crippen LogP) is 5.42. The van der Waals surface area contributed by atoms with Crippen molar-refractivity contribution < 1.29 is 19.5 Å². The predicted molar refractivity (Wildman–Crippen MR) is 153 cm³/mol. The van der Waals surface area contributed by atoms with E-state index in [1.807, 2.05) is 73.6 Å². The van der Waals surface area contributed by atoms with E-state index in [4.69, 9.17) is 11.6 Å². The molecule has 0 spiro atoms. The number of aliphatic carboxylic acids is 1. The van der Waals surface area contributed by atoms with E-state index >= 15 is 0 Å². The molecule has 1 aromatic rings. The summed E-state index contributed by atoms with van der Waals surface area (Å²) in [6.07, 6.45) is 2.78. The van der Waals surface area contributed by atoms with Crippen LogP contribution in [-0.4, -0.2) is 60.0 Å². The van der Waals surface area contributed by atoms with Crippen LogP contribution in [0.4, 0.5) is 0 Å². The highest BCUT2D eigenvalue weighted by atomic mass is 35.5. The summed E-state index contributed by atoms with van der Waals surface area (Å²) in [6.45, 7) is 17.1. The molecular weight excluding hydrogens is 490 g/mol. The zero-order valence-corrected chi connectivity index (χ0v) is 25.3. The van der Waals surface area contributed by atoms with Gasteiger partial charge in [0.25, 0.3) is 0 Å². The topological polar surface area (TPSA) is 98.7 Å². The molecule has 37 heavy (non-hydrogen) atoms. The molecule has 0 aliphatic rings. The molecule has 0 aliphatic heterocycles. The molecular formula is C29H48ClN3O4. The van der Waals surface area contributed by atoms with Gasteiger partial charge in [0, 0.05) is 23.1 Å². The smallest absolute Gasteiger partial charge is 0.331 e. The quantitative estimate of drug-likeness (QED) is 0.327. The largest absolute Gasteiger partial charge is 0.478 e. The highest BCUT2D eigenvalue weighted by Gasteiger charge is 2.42. The van der Waals surface area contributed by atoms with Crippen LogP contribution >= 0.6 is 11.6 Å². The molecule has 0 aliphatic carbocycles. The summed E-state index contributed by atoms with van der Waals surface area (Å²) in [5, 5.41) is 16.0. The summed E-state index contributed by atoms with van der Waals surface area (Å²) in [4.78, 5) is 40.1. The number of likely N-dealkylation sites (N-methyl/N-ethyl adjacent to an activating group) is 2. The lowest BCUT2D eigenvalue weighted by Gasteiger charge is -2.40. The lowest BCUT2D eigenvalue weighted by molar-refractivity contribution is -0.140. The van der Waals surface area contributed by atoms with Crippen molar-refractivity contribution in [2.75, 3.05) is 14.1 Å². The first-order valence-electron chi connectivity index (χ1n) is 13.1. The Balaban J connectivity index is 0.00000631. The summed E-state index contributed by atoms with van der Waals surface area (Å²) in [7, 11) is 3.38. The van der Waals surface area contributed by atoms with Crippen LogP contribution in [0.25, 0.3) is 0 Å². The van der Waals surface area contributed by atoms with Crippen LogP contribution in [-0.2, 0) is 19.8 Å². The number of amides is 2. The van der Waals surface area contributed by atoms with Gasteiger partial charge in [0.15, 0.2) is 0 Å². The Morgan fingerprint density at radius 1 is 1.11 bits per heavy atom. The molecule has 7 nitrogen and oxygen atoms in total. The second-order valence-electron chi connectivity index (χ2n) is 10.4. The number of hydrogen-bond donors (Lipinski definition) is 3. The summed E-state index contributed by atoms with van der Waals surface area (Å²) < 4.78 is 0. The molecule has 0 bridgehead atoms. The van der Waals surface area contributed by atoms with Crippen molar-refractivity contribution in [2.24, 2.45) is 5.41 Å². The first kappa shape index (κ1) is 34.6. The number of nitrogens with zero attached hydrogens (tertiary/aromatic N) is 1. The van der Waals surface area contributed by atoms with Crippen LogP contribution in [0.3, 0.4) is 0 Å². The number of halogens is 1. The second-order valence-corrected chi connectivity index (χ2v) is 10.8.